The lowest BCUT2D eigenvalue weighted by molar-refractivity contribution is -0.140. The number of aliphatic hydroxyl groups excluding tert-OH is 1. The largest absolute Gasteiger partial charge is 0.469 e. The molecule has 1 aliphatic rings. The molecule has 1 aromatic rings. The zero-order valence-corrected chi connectivity index (χ0v) is 21.6. The van der Waals surface area contributed by atoms with Gasteiger partial charge < -0.3 is 9.84 Å². The summed E-state index contributed by atoms with van der Waals surface area (Å²) in [6, 6.07) is 5.18. The van der Waals surface area contributed by atoms with Gasteiger partial charge in [-0.1, -0.05) is 63.8 Å². The molecule has 2 rings (SSSR count). The molecule has 0 bridgehead atoms. The summed E-state index contributed by atoms with van der Waals surface area (Å²) in [7, 11) is 1.36. The average molecular weight is 515 g/mol. The van der Waals surface area contributed by atoms with Crippen LogP contribution in [-0.2, 0) is 26.3 Å². The number of benzene rings is 1. The van der Waals surface area contributed by atoms with Gasteiger partial charge in [-0.25, -0.2) is 0 Å². The number of carbonyl (C=O) groups is 2. The molecule has 0 spiro atoms. The number of hydrogen-bond donors (Lipinski definition) is 1. The predicted octanol–water partition coefficient (Wildman–Crippen LogP) is 7.09. The Labute approximate surface area is 210 Å². The number of allylic oxidation sites excluding steroid dienone is 2. The lowest BCUT2D eigenvalue weighted by Crippen LogP contribution is -2.38. The summed E-state index contributed by atoms with van der Waals surface area (Å²) in [4.78, 5) is 25.3. The second kappa shape index (κ2) is 13.5. The summed E-state index contributed by atoms with van der Waals surface area (Å²) >= 11 is 1.26. The molecule has 0 amide bonds. The molecule has 0 aromatic heterocycles. The highest BCUT2D eigenvalue weighted by molar-refractivity contribution is 8.03. The molecule has 196 valence electrons. The molecule has 0 aliphatic heterocycles. The lowest BCUT2D eigenvalue weighted by atomic mass is 9.69. The van der Waals surface area contributed by atoms with Gasteiger partial charge in [0, 0.05) is 22.5 Å². The maximum atomic E-state index is 13.5. The maximum Gasteiger partial charge on any atom is 0.416 e. The summed E-state index contributed by atoms with van der Waals surface area (Å²) in [5, 5.41) is 11.1. The molecule has 1 N–H and O–H groups in total. The molecule has 0 heterocycles. The van der Waals surface area contributed by atoms with E-state index in [0.29, 0.717) is 42.6 Å². The highest BCUT2D eigenvalue weighted by atomic mass is 32.2. The third-order valence-electron chi connectivity index (χ3n) is 6.86. The third kappa shape index (κ3) is 8.10. The summed E-state index contributed by atoms with van der Waals surface area (Å²) in [5.41, 5.74) is -0.647. The van der Waals surface area contributed by atoms with Crippen molar-refractivity contribution in [3.63, 3.8) is 0 Å². The number of thioether (sulfide) groups is 1. The first-order valence-electron chi connectivity index (χ1n) is 12.4. The number of aliphatic hydroxyl groups is 1. The standard InChI is InChI=1S/C27H37F3O4S/c1-4-6-15-26(5-2)17-22(35-18-19-11-10-12-20(16-19)27(28,29)30)25(33)24(26)21(31)13-8-7-9-14-23(32)34-3/h10-12,16-17,21,24,31H,4-9,13-15,18H2,1-3H3. The number of methoxy groups -OCH3 is 1. The number of Topliss-reactive ketones (excluding diaryl/α,β-unsaturated/α-hetero) is 1. The minimum Gasteiger partial charge on any atom is -0.469 e. The Morgan fingerprint density at radius 1 is 1.20 bits per heavy atom. The van der Waals surface area contributed by atoms with E-state index in [9.17, 15) is 27.9 Å². The van der Waals surface area contributed by atoms with Crippen molar-refractivity contribution in [1.82, 2.24) is 0 Å². The van der Waals surface area contributed by atoms with E-state index >= 15 is 0 Å². The van der Waals surface area contributed by atoms with Gasteiger partial charge in [-0.2, -0.15) is 13.2 Å². The number of rotatable bonds is 14. The van der Waals surface area contributed by atoms with E-state index in [1.54, 1.807) is 6.07 Å². The quantitative estimate of drug-likeness (QED) is 0.212. The van der Waals surface area contributed by atoms with Gasteiger partial charge in [0.15, 0.2) is 5.78 Å². The van der Waals surface area contributed by atoms with E-state index in [2.05, 4.69) is 11.7 Å². The number of ketones is 1. The molecule has 3 atom stereocenters. The summed E-state index contributed by atoms with van der Waals surface area (Å²) in [6.07, 6.45) is 3.06. The number of halogens is 3. The fourth-order valence-electron chi connectivity index (χ4n) is 4.81. The molecule has 8 heteroatoms. The van der Waals surface area contributed by atoms with Gasteiger partial charge in [0.2, 0.25) is 0 Å². The van der Waals surface area contributed by atoms with Gasteiger partial charge in [0.05, 0.1) is 24.7 Å². The molecule has 0 radical (unpaired) electrons. The van der Waals surface area contributed by atoms with Crippen molar-refractivity contribution in [3.05, 3.63) is 46.4 Å². The van der Waals surface area contributed by atoms with Crippen molar-refractivity contribution in [2.45, 2.75) is 89.7 Å². The number of unbranched alkanes of at least 4 members (excludes halogenated alkanes) is 3. The van der Waals surface area contributed by atoms with Crippen LogP contribution in [0.3, 0.4) is 0 Å². The Balaban J connectivity index is 2.11. The number of carbonyl (C=O) groups excluding carboxylic acids is 2. The number of ether oxygens (including phenoxy) is 1. The summed E-state index contributed by atoms with van der Waals surface area (Å²) in [5.74, 6) is -0.663. The fraction of sp³-hybridized carbons (Fsp3) is 0.630. The minimum atomic E-state index is -4.41. The van der Waals surface area contributed by atoms with Crippen LogP contribution in [0, 0.1) is 11.3 Å². The van der Waals surface area contributed by atoms with Gasteiger partial charge in [0.25, 0.3) is 0 Å². The Hall–Kier alpha value is -1.80. The first kappa shape index (κ1) is 29.4. The van der Waals surface area contributed by atoms with Crippen LogP contribution >= 0.6 is 11.8 Å². The normalized spacial score (nSPS) is 21.2. The van der Waals surface area contributed by atoms with Gasteiger partial charge in [-0.3, -0.25) is 9.59 Å². The second-order valence-corrected chi connectivity index (χ2v) is 10.3. The van der Waals surface area contributed by atoms with Crippen molar-refractivity contribution in [2.75, 3.05) is 7.11 Å². The molecular weight excluding hydrogens is 477 g/mol. The van der Waals surface area contributed by atoms with Crippen molar-refractivity contribution < 1.29 is 32.6 Å². The monoisotopic (exact) mass is 514 g/mol. The zero-order valence-electron chi connectivity index (χ0n) is 20.8. The van der Waals surface area contributed by atoms with Crippen LogP contribution in [-0.4, -0.2) is 30.1 Å². The number of esters is 1. The predicted molar refractivity (Wildman–Crippen MR) is 133 cm³/mol. The highest BCUT2D eigenvalue weighted by Crippen LogP contribution is 2.51. The Morgan fingerprint density at radius 3 is 2.57 bits per heavy atom. The molecule has 3 unspecified atom stereocenters. The lowest BCUT2D eigenvalue weighted by Gasteiger charge is -2.35. The SMILES string of the molecule is CCCCC1(CC)C=C(SCc2cccc(C(F)(F)F)c2)C(=O)C1C(O)CCCCCC(=O)OC. The van der Waals surface area contributed by atoms with Gasteiger partial charge in [-0.15, -0.1) is 11.8 Å². The molecule has 1 aromatic carbocycles. The van der Waals surface area contributed by atoms with Gasteiger partial charge >= 0.3 is 12.1 Å². The van der Waals surface area contributed by atoms with Crippen LogP contribution in [0.25, 0.3) is 0 Å². The van der Waals surface area contributed by atoms with E-state index < -0.39 is 29.2 Å². The first-order chi connectivity index (χ1) is 16.6. The topological polar surface area (TPSA) is 63.6 Å². The first-order valence-corrected chi connectivity index (χ1v) is 13.4. The maximum absolute atomic E-state index is 13.5. The van der Waals surface area contributed by atoms with Crippen LogP contribution < -0.4 is 0 Å². The van der Waals surface area contributed by atoms with E-state index in [1.807, 2.05) is 13.0 Å². The molecule has 4 nitrogen and oxygen atoms in total. The molecular formula is C27H37F3O4S. The Bertz CT molecular complexity index is 883. The zero-order chi connectivity index (χ0) is 26.1. The second-order valence-electron chi connectivity index (χ2n) is 9.27. The highest BCUT2D eigenvalue weighted by Gasteiger charge is 2.49. The number of alkyl halides is 3. The number of hydrogen-bond acceptors (Lipinski definition) is 5. The van der Waals surface area contributed by atoms with Crippen LogP contribution in [0.5, 0.6) is 0 Å². The third-order valence-corrected chi connectivity index (χ3v) is 7.97. The Morgan fingerprint density at radius 2 is 1.94 bits per heavy atom. The molecule has 35 heavy (non-hydrogen) atoms. The van der Waals surface area contributed by atoms with E-state index in [4.69, 9.17) is 0 Å². The molecule has 0 fully saturated rings. The van der Waals surface area contributed by atoms with Gasteiger partial charge in [0.1, 0.15) is 0 Å². The van der Waals surface area contributed by atoms with E-state index in [1.165, 1.54) is 24.9 Å². The fourth-order valence-corrected chi connectivity index (χ4v) is 5.90. The van der Waals surface area contributed by atoms with Crippen LogP contribution in [0.1, 0.15) is 82.8 Å². The molecule has 1 aliphatic carbocycles. The smallest absolute Gasteiger partial charge is 0.416 e. The summed E-state index contributed by atoms with van der Waals surface area (Å²) in [6.45, 7) is 4.11. The van der Waals surface area contributed by atoms with E-state index in [0.717, 1.165) is 37.8 Å². The van der Waals surface area contributed by atoms with Crippen LogP contribution in [0.4, 0.5) is 13.2 Å². The summed E-state index contributed by atoms with van der Waals surface area (Å²) < 4.78 is 43.8. The van der Waals surface area contributed by atoms with Gasteiger partial charge in [-0.05, 0) is 37.3 Å². The van der Waals surface area contributed by atoms with Crippen molar-refractivity contribution in [1.29, 1.82) is 0 Å². The molecule has 0 saturated heterocycles. The van der Waals surface area contributed by atoms with Crippen LogP contribution in [0.15, 0.2) is 35.2 Å². The minimum absolute atomic E-state index is 0.109. The van der Waals surface area contributed by atoms with Crippen molar-refractivity contribution in [2.24, 2.45) is 11.3 Å². The van der Waals surface area contributed by atoms with Crippen molar-refractivity contribution >= 4 is 23.5 Å². The Kier molecular flexibility index (Phi) is 11.3. The van der Waals surface area contributed by atoms with E-state index in [-0.39, 0.29) is 17.5 Å². The van der Waals surface area contributed by atoms with Crippen molar-refractivity contribution in [3.8, 4) is 0 Å². The average Bonchev–Trinajstić information content (AvgIpc) is 3.12. The van der Waals surface area contributed by atoms with Crippen LogP contribution in [0.2, 0.25) is 0 Å². The molecule has 0 saturated carbocycles.